The van der Waals surface area contributed by atoms with Crippen molar-refractivity contribution < 1.29 is 20.1 Å². The Hall–Kier alpha value is -2.73. The van der Waals surface area contributed by atoms with E-state index >= 15 is 0 Å². The molecule has 110 valence electrons. The van der Waals surface area contributed by atoms with Gasteiger partial charge in [-0.3, -0.25) is 4.79 Å². The number of nitrogens with one attached hydrogen (secondary N) is 1. The van der Waals surface area contributed by atoms with Gasteiger partial charge in [0.05, 0.1) is 6.04 Å². The molecule has 0 heterocycles. The summed E-state index contributed by atoms with van der Waals surface area (Å²) in [5.41, 5.74) is 6.88. The van der Waals surface area contributed by atoms with Crippen molar-refractivity contribution in [1.29, 1.82) is 0 Å². The van der Waals surface area contributed by atoms with Gasteiger partial charge in [-0.15, -0.1) is 0 Å². The molecule has 0 saturated carbocycles. The number of hydrogen-bond acceptors (Lipinski definition) is 5. The second-order valence-electron chi connectivity index (χ2n) is 4.67. The van der Waals surface area contributed by atoms with Crippen molar-refractivity contribution in [3.05, 3.63) is 48.0 Å². The SMILES string of the molecule is N[C@@H](Cc1ccc(O)c(O)c1)C(=O)Nc1cccc(O)c1. The first-order valence-electron chi connectivity index (χ1n) is 6.32. The Bertz CT molecular complexity index is 658. The van der Waals surface area contributed by atoms with Crippen molar-refractivity contribution >= 4 is 11.6 Å². The number of carbonyl (C=O) groups is 1. The molecular weight excluding hydrogens is 272 g/mol. The molecule has 0 unspecified atom stereocenters. The lowest BCUT2D eigenvalue weighted by Gasteiger charge is -2.13. The molecule has 0 bridgehead atoms. The number of amides is 1. The van der Waals surface area contributed by atoms with E-state index < -0.39 is 11.9 Å². The molecule has 6 nitrogen and oxygen atoms in total. The summed E-state index contributed by atoms with van der Waals surface area (Å²) in [6.07, 6.45) is 0.207. The Labute approximate surface area is 121 Å². The first kappa shape index (κ1) is 14.7. The topological polar surface area (TPSA) is 116 Å². The van der Waals surface area contributed by atoms with Gasteiger partial charge in [0.1, 0.15) is 5.75 Å². The maximum atomic E-state index is 12.0. The van der Waals surface area contributed by atoms with Gasteiger partial charge in [-0.2, -0.15) is 0 Å². The minimum absolute atomic E-state index is 0.0461. The predicted molar refractivity (Wildman–Crippen MR) is 78.2 cm³/mol. The first-order chi connectivity index (χ1) is 9.95. The number of rotatable bonds is 4. The molecule has 0 aromatic heterocycles. The first-order valence-corrected chi connectivity index (χ1v) is 6.32. The molecule has 2 aromatic carbocycles. The molecule has 6 N–H and O–H groups in total. The zero-order chi connectivity index (χ0) is 15.4. The highest BCUT2D eigenvalue weighted by Gasteiger charge is 2.15. The molecule has 6 heteroatoms. The van der Waals surface area contributed by atoms with Gasteiger partial charge < -0.3 is 26.4 Å². The third-order valence-corrected chi connectivity index (χ3v) is 2.95. The molecule has 0 spiro atoms. The lowest BCUT2D eigenvalue weighted by atomic mass is 10.1. The van der Waals surface area contributed by atoms with Crippen LogP contribution in [0.2, 0.25) is 0 Å². The lowest BCUT2D eigenvalue weighted by molar-refractivity contribution is -0.117. The minimum Gasteiger partial charge on any atom is -0.508 e. The van der Waals surface area contributed by atoms with Gasteiger partial charge in [-0.25, -0.2) is 0 Å². The van der Waals surface area contributed by atoms with Crippen molar-refractivity contribution in [3.8, 4) is 17.2 Å². The second kappa shape index (κ2) is 6.15. The molecule has 0 aliphatic carbocycles. The fourth-order valence-corrected chi connectivity index (χ4v) is 1.86. The maximum absolute atomic E-state index is 12.0. The van der Waals surface area contributed by atoms with E-state index in [9.17, 15) is 20.1 Å². The molecule has 0 aliphatic rings. The van der Waals surface area contributed by atoms with Crippen LogP contribution in [0.3, 0.4) is 0 Å². The lowest BCUT2D eigenvalue weighted by Crippen LogP contribution is -2.37. The maximum Gasteiger partial charge on any atom is 0.241 e. The third-order valence-electron chi connectivity index (χ3n) is 2.95. The molecule has 0 saturated heterocycles. The van der Waals surface area contributed by atoms with Gasteiger partial charge in [0, 0.05) is 11.8 Å². The van der Waals surface area contributed by atoms with Crippen LogP contribution in [0.5, 0.6) is 17.2 Å². The van der Waals surface area contributed by atoms with Crippen molar-refractivity contribution in [2.24, 2.45) is 5.73 Å². The predicted octanol–water partition coefficient (Wildman–Crippen LogP) is 1.31. The highest BCUT2D eigenvalue weighted by molar-refractivity contribution is 5.95. The Kier molecular flexibility index (Phi) is 4.30. The minimum atomic E-state index is -0.823. The summed E-state index contributed by atoms with van der Waals surface area (Å²) in [5, 5.41) is 30.5. The van der Waals surface area contributed by atoms with Crippen molar-refractivity contribution in [2.75, 3.05) is 5.32 Å². The summed E-state index contributed by atoms with van der Waals surface area (Å²) < 4.78 is 0. The van der Waals surface area contributed by atoms with Crippen LogP contribution >= 0.6 is 0 Å². The van der Waals surface area contributed by atoms with Crippen LogP contribution in [0.25, 0.3) is 0 Å². The largest absolute Gasteiger partial charge is 0.508 e. The Morgan fingerprint density at radius 2 is 1.86 bits per heavy atom. The van der Waals surface area contributed by atoms with Crippen molar-refractivity contribution in [2.45, 2.75) is 12.5 Å². The highest BCUT2D eigenvalue weighted by Crippen LogP contribution is 2.25. The fraction of sp³-hybridized carbons (Fsp3) is 0.133. The van der Waals surface area contributed by atoms with Crippen molar-refractivity contribution in [3.63, 3.8) is 0 Å². The van der Waals surface area contributed by atoms with E-state index in [1.165, 1.54) is 24.3 Å². The smallest absolute Gasteiger partial charge is 0.241 e. The molecule has 0 radical (unpaired) electrons. The van der Waals surface area contributed by atoms with Crippen LogP contribution in [-0.4, -0.2) is 27.3 Å². The van der Waals surface area contributed by atoms with Crippen LogP contribution in [0.15, 0.2) is 42.5 Å². The Balaban J connectivity index is 2.00. The van der Waals surface area contributed by atoms with Crippen LogP contribution in [0.4, 0.5) is 5.69 Å². The summed E-state index contributed by atoms with van der Waals surface area (Å²) in [6.45, 7) is 0. The van der Waals surface area contributed by atoms with Crippen LogP contribution in [0.1, 0.15) is 5.56 Å². The zero-order valence-corrected chi connectivity index (χ0v) is 11.2. The zero-order valence-electron chi connectivity index (χ0n) is 11.2. The van der Waals surface area contributed by atoms with E-state index in [1.807, 2.05) is 0 Å². The standard InChI is InChI=1S/C15H16N2O4/c16-12(6-9-4-5-13(19)14(20)7-9)15(21)17-10-2-1-3-11(18)8-10/h1-5,7-8,12,18-20H,6,16H2,(H,17,21)/t12-/m0/s1. The van der Waals surface area contributed by atoms with Gasteiger partial charge in [0.2, 0.25) is 5.91 Å². The van der Waals surface area contributed by atoms with E-state index in [0.717, 1.165) is 0 Å². The van der Waals surface area contributed by atoms with Gasteiger partial charge in [-0.1, -0.05) is 12.1 Å². The number of benzene rings is 2. The van der Waals surface area contributed by atoms with Gasteiger partial charge in [0.15, 0.2) is 11.5 Å². The summed E-state index contributed by atoms with van der Waals surface area (Å²) in [7, 11) is 0. The molecule has 0 aliphatic heterocycles. The van der Waals surface area contributed by atoms with E-state index in [1.54, 1.807) is 18.2 Å². The van der Waals surface area contributed by atoms with Crippen LogP contribution in [-0.2, 0) is 11.2 Å². The van der Waals surface area contributed by atoms with Gasteiger partial charge >= 0.3 is 0 Å². The monoisotopic (exact) mass is 288 g/mol. The summed E-state index contributed by atoms with van der Waals surface area (Å²) >= 11 is 0. The number of phenolic OH excluding ortho intramolecular Hbond substituents is 3. The molecule has 2 aromatic rings. The average molecular weight is 288 g/mol. The van der Waals surface area contributed by atoms with Gasteiger partial charge in [-0.05, 0) is 36.2 Å². The van der Waals surface area contributed by atoms with Crippen LogP contribution < -0.4 is 11.1 Å². The van der Waals surface area contributed by atoms with E-state index in [4.69, 9.17) is 5.73 Å². The molecular formula is C15H16N2O4. The number of anilines is 1. The number of phenols is 3. The molecule has 2 rings (SSSR count). The summed E-state index contributed by atoms with van der Waals surface area (Å²) in [4.78, 5) is 12.0. The Morgan fingerprint density at radius 3 is 2.52 bits per heavy atom. The number of carbonyl (C=O) groups excluding carboxylic acids is 1. The van der Waals surface area contributed by atoms with Crippen molar-refractivity contribution in [1.82, 2.24) is 0 Å². The molecule has 1 amide bonds. The molecule has 1 atom stereocenters. The Morgan fingerprint density at radius 1 is 1.10 bits per heavy atom. The number of aromatic hydroxyl groups is 3. The van der Waals surface area contributed by atoms with E-state index in [0.29, 0.717) is 11.3 Å². The normalized spacial score (nSPS) is 11.9. The number of hydrogen-bond donors (Lipinski definition) is 5. The van der Waals surface area contributed by atoms with Gasteiger partial charge in [0.25, 0.3) is 0 Å². The van der Waals surface area contributed by atoms with E-state index in [-0.39, 0.29) is 23.7 Å². The third kappa shape index (κ3) is 3.87. The average Bonchev–Trinajstić information content (AvgIpc) is 2.43. The quantitative estimate of drug-likeness (QED) is 0.544. The summed E-state index contributed by atoms with van der Waals surface area (Å²) in [5.74, 6) is -0.845. The molecule has 0 fully saturated rings. The number of nitrogens with two attached hydrogens (primary N) is 1. The molecule has 21 heavy (non-hydrogen) atoms. The van der Waals surface area contributed by atoms with E-state index in [2.05, 4.69) is 5.32 Å². The second-order valence-corrected chi connectivity index (χ2v) is 4.67. The summed E-state index contributed by atoms with van der Waals surface area (Å²) in [6, 6.07) is 9.60. The highest BCUT2D eigenvalue weighted by atomic mass is 16.3. The fourth-order valence-electron chi connectivity index (χ4n) is 1.86. The van der Waals surface area contributed by atoms with Crippen LogP contribution in [0, 0.1) is 0 Å².